The van der Waals surface area contributed by atoms with Gasteiger partial charge in [-0.15, -0.1) is 0 Å². The van der Waals surface area contributed by atoms with Crippen molar-refractivity contribution in [3.63, 3.8) is 0 Å². The highest BCUT2D eigenvalue weighted by Crippen LogP contribution is 2.35. The summed E-state index contributed by atoms with van der Waals surface area (Å²) in [5.74, 6) is 1.29. The molecule has 8 nitrogen and oxygen atoms in total. The number of ether oxygens (including phenoxy) is 3. The van der Waals surface area contributed by atoms with Crippen LogP contribution < -0.4 is 25.1 Å². The van der Waals surface area contributed by atoms with Gasteiger partial charge < -0.3 is 29.4 Å². The van der Waals surface area contributed by atoms with E-state index >= 15 is 0 Å². The van der Waals surface area contributed by atoms with Crippen LogP contribution in [0.1, 0.15) is 11.1 Å². The van der Waals surface area contributed by atoms with Crippen molar-refractivity contribution in [1.82, 2.24) is 9.88 Å². The van der Waals surface area contributed by atoms with Gasteiger partial charge in [-0.1, -0.05) is 24.3 Å². The molecule has 4 aromatic rings. The second-order valence-electron chi connectivity index (χ2n) is 8.03. The minimum Gasteiger partial charge on any atom is -0.495 e. The van der Waals surface area contributed by atoms with Crippen molar-refractivity contribution in [1.29, 1.82) is 0 Å². The molecule has 0 atom stereocenters. The molecule has 0 unspecified atom stereocenters. The molecule has 2 heterocycles. The maximum atomic E-state index is 13.4. The monoisotopic (exact) mass is 475 g/mol. The normalized spacial score (nSPS) is 11.9. The van der Waals surface area contributed by atoms with Crippen LogP contribution in [-0.4, -0.2) is 29.8 Å². The van der Waals surface area contributed by atoms with Crippen LogP contribution in [0.25, 0.3) is 10.9 Å². The predicted molar refractivity (Wildman–Crippen MR) is 128 cm³/mol. The van der Waals surface area contributed by atoms with Gasteiger partial charge in [-0.25, -0.2) is 9.18 Å². The molecule has 0 radical (unpaired) electrons. The maximum Gasteiger partial charge on any atom is 0.322 e. The second kappa shape index (κ2) is 9.38. The smallest absolute Gasteiger partial charge is 0.322 e. The number of hydrogen-bond donors (Lipinski definition) is 2. The van der Waals surface area contributed by atoms with Crippen LogP contribution in [0.3, 0.4) is 0 Å². The zero-order valence-corrected chi connectivity index (χ0v) is 18.8. The Bertz CT molecular complexity index is 1450. The molecule has 5 rings (SSSR count). The molecule has 178 valence electrons. The number of nitrogens with one attached hydrogen (secondary N) is 2. The van der Waals surface area contributed by atoms with Gasteiger partial charge in [-0.3, -0.25) is 4.79 Å². The number of H-pyrrole nitrogens is 1. The van der Waals surface area contributed by atoms with E-state index in [2.05, 4.69) is 10.3 Å². The van der Waals surface area contributed by atoms with Crippen LogP contribution in [0, 0.1) is 5.82 Å². The quantitative estimate of drug-likeness (QED) is 0.424. The number of benzene rings is 3. The van der Waals surface area contributed by atoms with E-state index in [0.717, 1.165) is 5.39 Å². The molecule has 1 aliphatic rings. The molecule has 0 fully saturated rings. The number of nitrogens with zero attached hydrogens (tertiary/aromatic N) is 1. The van der Waals surface area contributed by atoms with Gasteiger partial charge in [0.05, 0.1) is 24.9 Å². The number of amides is 2. The summed E-state index contributed by atoms with van der Waals surface area (Å²) in [4.78, 5) is 30.5. The van der Waals surface area contributed by atoms with E-state index in [4.69, 9.17) is 14.2 Å². The number of anilines is 1. The number of carbonyl (C=O) groups excluding carboxylic acids is 1. The first-order chi connectivity index (χ1) is 17.0. The first kappa shape index (κ1) is 22.3. The van der Waals surface area contributed by atoms with E-state index in [1.165, 1.54) is 24.1 Å². The fourth-order valence-corrected chi connectivity index (χ4v) is 3.92. The Balaban J connectivity index is 1.47. The average Bonchev–Trinajstić information content (AvgIpc) is 3.31. The van der Waals surface area contributed by atoms with Crippen molar-refractivity contribution in [2.24, 2.45) is 0 Å². The largest absolute Gasteiger partial charge is 0.495 e. The molecule has 9 heteroatoms. The van der Waals surface area contributed by atoms with Gasteiger partial charge in [0.2, 0.25) is 6.79 Å². The molecule has 0 bridgehead atoms. The third-order valence-electron chi connectivity index (χ3n) is 5.70. The molecule has 2 N–H and O–H groups in total. The number of aromatic nitrogens is 1. The standard InChI is InChI=1S/C26H22FN3O5/c1-33-22-5-3-2-4-20(22)29-26(32)30(13-16-6-8-19(27)9-7-16)14-18-10-17-11-23-24(35-15-34-23)12-21(17)28-25(18)31/h2-12H,13-15H2,1H3,(H,28,31)(H,29,32). The molecule has 0 saturated carbocycles. The van der Waals surface area contributed by atoms with Crippen molar-refractivity contribution < 1.29 is 23.4 Å². The van der Waals surface area contributed by atoms with E-state index in [1.807, 2.05) is 0 Å². The van der Waals surface area contributed by atoms with E-state index in [0.29, 0.717) is 39.6 Å². The van der Waals surface area contributed by atoms with Crippen LogP contribution in [-0.2, 0) is 13.1 Å². The number of hydrogen-bond acceptors (Lipinski definition) is 5. The van der Waals surface area contributed by atoms with Crippen molar-refractivity contribution in [3.8, 4) is 17.2 Å². The summed E-state index contributed by atoms with van der Waals surface area (Å²) < 4.78 is 29.6. The van der Waals surface area contributed by atoms with Crippen molar-refractivity contribution in [2.75, 3.05) is 19.2 Å². The number of urea groups is 1. The summed E-state index contributed by atoms with van der Waals surface area (Å²) in [6, 6.07) is 17.7. The average molecular weight is 475 g/mol. The lowest BCUT2D eigenvalue weighted by atomic mass is 10.1. The van der Waals surface area contributed by atoms with Crippen molar-refractivity contribution >= 4 is 22.6 Å². The molecule has 3 aromatic carbocycles. The molecule has 1 aliphatic heterocycles. The van der Waals surface area contributed by atoms with E-state index in [9.17, 15) is 14.0 Å². The number of carbonyl (C=O) groups is 1. The fourth-order valence-electron chi connectivity index (χ4n) is 3.92. The number of fused-ring (bicyclic) bond motifs is 2. The van der Waals surface area contributed by atoms with Crippen LogP contribution in [0.4, 0.5) is 14.9 Å². The minimum atomic E-state index is -0.441. The first-order valence-corrected chi connectivity index (χ1v) is 10.9. The Morgan fingerprint density at radius 3 is 2.57 bits per heavy atom. The third kappa shape index (κ3) is 4.74. The Morgan fingerprint density at radius 1 is 1.06 bits per heavy atom. The van der Waals surface area contributed by atoms with Gasteiger partial charge in [0.15, 0.2) is 11.5 Å². The second-order valence-corrected chi connectivity index (χ2v) is 8.03. The first-order valence-electron chi connectivity index (χ1n) is 10.9. The topological polar surface area (TPSA) is 92.9 Å². The lowest BCUT2D eigenvalue weighted by Crippen LogP contribution is -2.35. The number of halogens is 1. The van der Waals surface area contributed by atoms with Crippen LogP contribution in [0.15, 0.2) is 71.5 Å². The van der Waals surface area contributed by atoms with Crippen molar-refractivity contribution in [2.45, 2.75) is 13.1 Å². The number of aromatic amines is 1. The van der Waals surface area contributed by atoms with Gasteiger partial charge in [-0.05, 0) is 42.0 Å². The zero-order chi connectivity index (χ0) is 24.4. The van der Waals surface area contributed by atoms with Crippen LogP contribution >= 0.6 is 0 Å². The van der Waals surface area contributed by atoms with Gasteiger partial charge >= 0.3 is 6.03 Å². The van der Waals surface area contributed by atoms with Gasteiger partial charge in [0.25, 0.3) is 5.56 Å². The van der Waals surface area contributed by atoms with Crippen LogP contribution in [0.5, 0.6) is 17.2 Å². The molecular formula is C26H22FN3O5. The molecular weight excluding hydrogens is 453 g/mol. The van der Waals surface area contributed by atoms with Gasteiger partial charge in [0.1, 0.15) is 11.6 Å². The predicted octanol–water partition coefficient (Wildman–Crippen LogP) is 4.64. The molecule has 2 amide bonds. The summed E-state index contributed by atoms with van der Waals surface area (Å²) in [7, 11) is 1.52. The van der Waals surface area contributed by atoms with Crippen LogP contribution in [0.2, 0.25) is 0 Å². The Hall–Kier alpha value is -4.53. The summed E-state index contributed by atoms with van der Waals surface area (Å²) in [6.07, 6.45) is 0. The summed E-state index contributed by atoms with van der Waals surface area (Å²) >= 11 is 0. The van der Waals surface area contributed by atoms with Gasteiger partial charge in [-0.2, -0.15) is 0 Å². The lowest BCUT2D eigenvalue weighted by molar-refractivity contribution is 0.174. The summed E-state index contributed by atoms with van der Waals surface area (Å²) in [6.45, 7) is 0.287. The highest BCUT2D eigenvalue weighted by molar-refractivity contribution is 5.91. The Kier molecular flexibility index (Phi) is 5.97. The molecule has 0 spiro atoms. The Labute approximate surface area is 199 Å². The SMILES string of the molecule is COc1ccccc1NC(=O)N(Cc1ccc(F)cc1)Cc1cc2cc3c(cc2[nH]c1=O)OCO3. The molecule has 35 heavy (non-hydrogen) atoms. The zero-order valence-electron chi connectivity index (χ0n) is 18.8. The highest BCUT2D eigenvalue weighted by atomic mass is 19.1. The van der Waals surface area contributed by atoms with Crippen molar-refractivity contribution in [3.05, 3.63) is 94.0 Å². The molecule has 0 saturated heterocycles. The Morgan fingerprint density at radius 2 is 1.80 bits per heavy atom. The number of para-hydroxylation sites is 2. The summed E-state index contributed by atoms with van der Waals surface area (Å²) in [5, 5.41) is 3.59. The molecule has 0 aliphatic carbocycles. The van der Waals surface area contributed by atoms with E-state index < -0.39 is 6.03 Å². The third-order valence-corrected chi connectivity index (χ3v) is 5.70. The van der Waals surface area contributed by atoms with Gasteiger partial charge in [0, 0.05) is 23.6 Å². The number of methoxy groups -OCH3 is 1. The maximum absolute atomic E-state index is 13.4. The number of pyridine rings is 1. The lowest BCUT2D eigenvalue weighted by Gasteiger charge is -2.24. The summed E-state index contributed by atoms with van der Waals surface area (Å²) in [5.41, 5.74) is 1.86. The number of rotatable bonds is 6. The highest BCUT2D eigenvalue weighted by Gasteiger charge is 2.20. The van der Waals surface area contributed by atoms with E-state index in [1.54, 1.807) is 54.6 Å². The minimum absolute atomic E-state index is 0.0120. The fraction of sp³-hybridized carbons (Fsp3) is 0.154. The molecule has 1 aromatic heterocycles. The van der Waals surface area contributed by atoms with E-state index in [-0.39, 0.29) is 31.3 Å².